The number of ether oxygens (including phenoxy) is 1. The zero-order valence-electron chi connectivity index (χ0n) is 17.9. The fourth-order valence-electron chi connectivity index (χ4n) is 3.98. The average Bonchev–Trinajstić information content (AvgIpc) is 2.91. The van der Waals surface area contributed by atoms with Crippen molar-refractivity contribution in [3.05, 3.63) is 90.0 Å². The number of rotatable bonds is 8. The molecule has 7 nitrogen and oxygen atoms in total. The Labute approximate surface area is 191 Å². The van der Waals surface area contributed by atoms with E-state index in [9.17, 15) is 14.4 Å². The van der Waals surface area contributed by atoms with Crippen LogP contribution in [0, 0.1) is 0 Å². The topological polar surface area (TPSA) is 95.9 Å². The number of fused-ring (bicyclic) bond motifs is 3. The molecule has 1 heterocycles. The summed E-state index contributed by atoms with van der Waals surface area (Å²) in [6.07, 6.45) is -0.709. The molecule has 168 valence electrons. The second-order valence-electron chi connectivity index (χ2n) is 7.70. The second kappa shape index (κ2) is 10.1. The summed E-state index contributed by atoms with van der Waals surface area (Å²) >= 11 is 0. The molecule has 2 N–H and O–H groups in total. The zero-order chi connectivity index (χ0) is 23.2. The molecule has 0 spiro atoms. The van der Waals surface area contributed by atoms with E-state index < -0.39 is 24.3 Å². The van der Waals surface area contributed by atoms with Crippen molar-refractivity contribution in [2.75, 3.05) is 18.1 Å². The number of benzene rings is 3. The number of carboxylic acid groups (broad SMARTS) is 1. The van der Waals surface area contributed by atoms with Gasteiger partial charge in [-0.2, -0.15) is 0 Å². The molecule has 0 fully saturated rings. The zero-order valence-corrected chi connectivity index (χ0v) is 17.9. The molecule has 0 aliphatic carbocycles. The van der Waals surface area contributed by atoms with Crippen LogP contribution in [0.4, 0.5) is 5.69 Å². The molecule has 0 saturated heterocycles. The first-order valence-electron chi connectivity index (χ1n) is 10.7. The van der Waals surface area contributed by atoms with E-state index in [-0.39, 0.29) is 12.5 Å². The van der Waals surface area contributed by atoms with Crippen molar-refractivity contribution >= 4 is 23.5 Å². The van der Waals surface area contributed by atoms with Gasteiger partial charge in [-0.15, -0.1) is 0 Å². The maximum Gasteiger partial charge on any atom is 0.312 e. The number of nitrogens with zero attached hydrogens (tertiary/aromatic N) is 1. The molecule has 0 bridgehead atoms. The van der Waals surface area contributed by atoms with Crippen LogP contribution in [0.5, 0.6) is 0 Å². The van der Waals surface area contributed by atoms with Crippen LogP contribution in [-0.4, -0.2) is 36.0 Å². The lowest BCUT2D eigenvalue weighted by Crippen LogP contribution is -2.44. The molecule has 2 amide bonds. The van der Waals surface area contributed by atoms with E-state index in [0.29, 0.717) is 24.5 Å². The largest absolute Gasteiger partial charge is 0.481 e. The summed E-state index contributed by atoms with van der Waals surface area (Å²) in [6.45, 7) is 0.993. The number of anilines is 1. The average molecular weight is 444 g/mol. The summed E-state index contributed by atoms with van der Waals surface area (Å²) < 4.78 is 5.81. The van der Waals surface area contributed by atoms with Gasteiger partial charge >= 0.3 is 5.97 Å². The van der Waals surface area contributed by atoms with Crippen LogP contribution in [0.15, 0.2) is 78.9 Å². The van der Waals surface area contributed by atoms with E-state index in [1.165, 1.54) is 0 Å². The molecule has 7 heteroatoms. The number of para-hydroxylation sites is 1. The minimum absolute atomic E-state index is 0.280. The minimum Gasteiger partial charge on any atom is -0.481 e. The highest BCUT2D eigenvalue weighted by atomic mass is 16.5. The van der Waals surface area contributed by atoms with Gasteiger partial charge in [0.1, 0.15) is 12.5 Å². The Kier molecular flexibility index (Phi) is 6.80. The molecule has 33 heavy (non-hydrogen) atoms. The number of nitrogens with one attached hydrogen (secondary N) is 1. The molecular formula is C26H24N2O5. The van der Waals surface area contributed by atoms with Crippen molar-refractivity contribution in [2.24, 2.45) is 0 Å². The monoisotopic (exact) mass is 444 g/mol. The Morgan fingerprint density at radius 2 is 1.58 bits per heavy atom. The molecule has 3 aromatic rings. The van der Waals surface area contributed by atoms with Crippen molar-refractivity contribution in [3.63, 3.8) is 0 Å². The summed E-state index contributed by atoms with van der Waals surface area (Å²) in [4.78, 5) is 38.6. The predicted molar refractivity (Wildman–Crippen MR) is 123 cm³/mol. The first kappa shape index (κ1) is 22.2. The maximum atomic E-state index is 13.7. The predicted octanol–water partition coefficient (Wildman–Crippen LogP) is 3.55. The standard InChI is InChI=1S/C26H24N2O5/c29-23(16-24(30)31)27-25-21-12-5-4-10-19(21)20-11-6-7-13-22(20)28(26(25)32)14-15-33-17-18-8-2-1-3-9-18/h1-13,25H,14-17H2,(H,27,29)(H,30,31)/t25-/m0/s1. The van der Waals surface area contributed by atoms with Gasteiger partial charge in [-0.05, 0) is 22.8 Å². The van der Waals surface area contributed by atoms with Gasteiger partial charge in [0, 0.05) is 12.1 Å². The lowest BCUT2D eigenvalue weighted by atomic mass is 9.95. The minimum atomic E-state index is -1.25. The fraction of sp³-hybridized carbons (Fsp3) is 0.192. The Hall–Kier alpha value is -3.97. The summed E-state index contributed by atoms with van der Waals surface area (Å²) in [6, 6.07) is 23.6. The van der Waals surface area contributed by atoms with Crippen LogP contribution in [0.1, 0.15) is 23.6 Å². The molecule has 1 aliphatic rings. The van der Waals surface area contributed by atoms with Crippen molar-refractivity contribution in [1.29, 1.82) is 0 Å². The molecule has 0 radical (unpaired) electrons. The Balaban J connectivity index is 1.62. The lowest BCUT2D eigenvalue weighted by Gasteiger charge is -2.26. The van der Waals surface area contributed by atoms with Crippen LogP contribution in [0.2, 0.25) is 0 Å². The van der Waals surface area contributed by atoms with E-state index in [0.717, 1.165) is 16.7 Å². The third-order valence-electron chi connectivity index (χ3n) is 5.46. The van der Waals surface area contributed by atoms with Gasteiger partial charge in [0.05, 0.1) is 18.9 Å². The van der Waals surface area contributed by atoms with E-state index in [1.807, 2.05) is 66.7 Å². The molecule has 0 saturated carbocycles. The van der Waals surface area contributed by atoms with Crippen molar-refractivity contribution < 1.29 is 24.2 Å². The van der Waals surface area contributed by atoms with Gasteiger partial charge in [0.15, 0.2) is 0 Å². The number of carboxylic acids is 1. The molecule has 1 aliphatic heterocycles. The smallest absolute Gasteiger partial charge is 0.312 e. The van der Waals surface area contributed by atoms with Gasteiger partial charge in [-0.1, -0.05) is 72.8 Å². The van der Waals surface area contributed by atoms with Crippen molar-refractivity contribution in [2.45, 2.75) is 19.1 Å². The van der Waals surface area contributed by atoms with E-state index in [1.54, 1.807) is 17.0 Å². The highest BCUT2D eigenvalue weighted by molar-refractivity contribution is 6.07. The van der Waals surface area contributed by atoms with Gasteiger partial charge < -0.3 is 20.1 Å². The molecule has 4 rings (SSSR count). The van der Waals surface area contributed by atoms with Crippen LogP contribution < -0.4 is 10.2 Å². The fourth-order valence-corrected chi connectivity index (χ4v) is 3.98. The number of amides is 2. The van der Waals surface area contributed by atoms with Gasteiger partial charge in [0.2, 0.25) is 5.91 Å². The van der Waals surface area contributed by atoms with Crippen molar-refractivity contribution in [3.8, 4) is 11.1 Å². The number of carbonyl (C=O) groups excluding carboxylic acids is 2. The molecule has 0 unspecified atom stereocenters. The van der Waals surface area contributed by atoms with Crippen LogP contribution in [-0.2, 0) is 25.7 Å². The first-order valence-corrected chi connectivity index (χ1v) is 10.7. The molecule has 3 aromatic carbocycles. The first-order chi connectivity index (χ1) is 16.0. The Bertz CT molecular complexity index is 1160. The van der Waals surface area contributed by atoms with E-state index >= 15 is 0 Å². The van der Waals surface area contributed by atoms with Gasteiger partial charge in [-0.25, -0.2) is 0 Å². The maximum absolute atomic E-state index is 13.7. The Morgan fingerprint density at radius 1 is 0.909 bits per heavy atom. The highest BCUT2D eigenvalue weighted by Gasteiger charge is 2.34. The van der Waals surface area contributed by atoms with Crippen LogP contribution >= 0.6 is 0 Å². The Morgan fingerprint density at radius 3 is 2.33 bits per heavy atom. The number of aliphatic carboxylic acids is 1. The summed E-state index contributed by atoms with van der Waals surface area (Å²) in [7, 11) is 0. The summed E-state index contributed by atoms with van der Waals surface area (Å²) in [5.74, 6) is -2.31. The van der Waals surface area contributed by atoms with Crippen LogP contribution in [0.25, 0.3) is 11.1 Å². The number of hydrogen-bond acceptors (Lipinski definition) is 4. The summed E-state index contributed by atoms with van der Waals surface area (Å²) in [5, 5.41) is 11.6. The molecule has 1 atom stereocenters. The molecule has 0 aromatic heterocycles. The normalized spacial score (nSPS) is 14.7. The SMILES string of the molecule is O=C(O)CC(=O)N[C@@H]1C(=O)N(CCOCc2ccccc2)c2ccccc2-c2ccccc21. The number of hydrogen-bond donors (Lipinski definition) is 2. The van der Waals surface area contributed by atoms with Crippen molar-refractivity contribution in [1.82, 2.24) is 5.32 Å². The number of carbonyl (C=O) groups is 3. The van der Waals surface area contributed by atoms with Gasteiger partial charge in [0.25, 0.3) is 5.91 Å². The van der Waals surface area contributed by atoms with E-state index in [4.69, 9.17) is 9.84 Å². The quantitative estimate of drug-likeness (QED) is 0.409. The lowest BCUT2D eigenvalue weighted by molar-refractivity contribution is -0.141. The van der Waals surface area contributed by atoms with E-state index in [2.05, 4.69) is 5.32 Å². The second-order valence-corrected chi connectivity index (χ2v) is 7.70. The molecular weight excluding hydrogens is 420 g/mol. The van der Waals surface area contributed by atoms with Gasteiger partial charge in [-0.3, -0.25) is 14.4 Å². The third-order valence-corrected chi connectivity index (χ3v) is 5.46. The third kappa shape index (κ3) is 5.10. The summed E-state index contributed by atoms with van der Waals surface area (Å²) in [5.41, 5.74) is 4.05. The van der Waals surface area contributed by atoms with Crippen LogP contribution in [0.3, 0.4) is 0 Å². The highest BCUT2D eigenvalue weighted by Crippen LogP contribution is 2.40.